The Morgan fingerprint density at radius 2 is 2.18 bits per heavy atom. The van der Waals surface area contributed by atoms with Crippen molar-refractivity contribution in [1.29, 1.82) is 0 Å². The van der Waals surface area contributed by atoms with Gasteiger partial charge in [-0.1, -0.05) is 0 Å². The van der Waals surface area contributed by atoms with Gasteiger partial charge in [0.25, 0.3) is 0 Å². The lowest BCUT2D eigenvalue weighted by molar-refractivity contribution is -0.140. The van der Waals surface area contributed by atoms with Gasteiger partial charge >= 0.3 is 5.97 Å². The number of nitrogens with one attached hydrogen (secondary N) is 2. The summed E-state index contributed by atoms with van der Waals surface area (Å²) in [5, 5.41) is 0. The average Bonchev–Trinajstić information content (AvgIpc) is 1.85. The molecule has 0 radical (unpaired) electrons. The highest BCUT2D eigenvalue weighted by molar-refractivity contribution is 5.65. The van der Waals surface area contributed by atoms with E-state index < -0.39 is 0 Å². The molecule has 0 aliphatic carbocycles. The zero-order chi connectivity index (χ0) is 8.69. The first-order valence-corrected chi connectivity index (χ1v) is 3.74. The molecule has 0 heterocycles. The second-order valence-corrected chi connectivity index (χ2v) is 2.57. The first kappa shape index (κ1) is 10.4. The summed E-state index contributed by atoms with van der Waals surface area (Å²) in [6.45, 7) is 6.50. The molecule has 0 unspecified atom stereocenters. The Morgan fingerprint density at radius 1 is 1.55 bits per heavy atom. The SMILES string of the molecule is CC(=O)OCCNNC(C)C. The predicted octanol–water partition coefficient (Wildman–Crippen LogP) is 0.0521. The monoisotopic (exact) mass is 160 g/mol. The van der Waals surface area contributed by atoms with Crippen molar-refractivity contribution >= 4 is 5.97 Å². The van der Waals surface area contributed by atoms with Crippen LogP contribution < -0.4 is 10.9 Å². The van der Waals surface area contributed by atoms with Crippen molar-refractivity contribution in [3.8, 4) is 0 Å². The standard InChI is InChI=1S/C7H16N2O2/c1-6(2)9-8-4-5-11-7(3)10/h6,8-9H,4-5H2,1-3H3. The number of rotatable bonds is 5. The highest BCUT2D eigenvalue weighted by atomic mass is 16.5. The molecule has 4 nitrogen and oxygen atoms in total. The largest absolute Gasteiger partial charge is 0.464 e. The molecule has 0 fully saturated rings. The molecule has 0 aromatic carbocycles. The number of hydrogen-bond acceptors (Lipinski definition) is 4. The van der Waals surface area contributed by atoms with Crippen LogP contribution >= 0.6 is 0 Å². The minimum Gasteiger partial charge on any atom is -0.464 e. The Balaban J connectivity index is 2.97. The van der Waals surface area contributed by atoms with E-state index in [0.29, 0.717) is 19.2 Å². The number of hydrogen-bond donors (Lipinski definition) is 2. The fourth-order valence-electron chi connectivity index (χ4n) is 0.522. The van der Waals surface area contributed by atoms with Gasteiger partial charge in [-0.2, -0.15) is 0 Å². The summed E-state index contributed by atoms with van der Waals surface area (Å²) in [7, 11) is 0. The van der Waals surface area contributed by atoms with Crippen LogP contribution in [0.15, 0.2) is 0 Å². The van der Waals surface area contributed by atoms with E-state index in [1.54, 1.807) is 0 Å². The highest BCUT2D eigenvalue weighted by Gasteiger charge is 1.92. The van der Waals surface area contributed by atoms with Gasteiger partial charge in [-0.15, -0.1) is 0 Å². The van der Waals surface area contributed by atoms with Crippen molar-refractivity contribution in [2.75, 3.05) is 13.2 Å². The van der Waals surface area contributed by atoms with Crippen molar-refractivity contribution in [2.24, 2.45) is 0 Å². The van der Waals surface area contributed by atoms with Crippen LogP contribution in [0.1, 0.15) is 20.8 Å². The smallest absolute Gasteiger partial charge is 0.302 e. The summed E-state index contributed by atoms with van der Waals surface area (Å²) in [5.74, 6) is -0.239. The number of esters is 1. The van der Waals surface area contributed by atoms with Crippen LogP contribution in [0.3, 0.4) is 0 Å². The van der Waals surface area contributed by atoms with Crippen molar-refractivity contribution in [2.45, 2.75) is 26.8 Å². The molecular weight excluding hydrogens is 144 g/mol. The maximum Gasteiger partial charge on any atom is 0.302 e. The van der Waals surface area contributed by atoms with E-state index in [1.165, 1.54) is 6.92 Å². The van der Waals surface area contributed by atoms with Gasteiger partial charge in [0.05, 0.1) is 0 Å². The third kappa shape index (κ3) is 9.39. The van der Waals surface area contributed by atoms with Crippen molar-refractivity contribution in [3.63, 3.8) is 0 Å². The minimum atomic E-state index is -0.239. The van der Waals surface area contributed by atoms with E-state index in [0.717, 1.165) is 0 Å². The fraction of sp³-hybridized carbons (Fsp3) is 0.857. The Labute approximate surface area is 67.3 Å². The zero-order valence-electron chi connectivity index (χ0n) is 7.31. The molecular formula is C7H16N2O2. The van der Waals surface area contributed by atoms with E-state index >= 15 is 0 Å². The molecule has 0 aliphatic rings. The molecule has 0 amide bonds. The molecule has 0 aromatic heterocycles. The number of carbonyl (C=O) groups is 1. The zero-order valence-corrected chi connectivity index (χ0v) is 7.31. The first-order chi connectivity index (χ1) is 5.13. The van der Waals surface area contributed by atoms with E-state index in [2.05, 4.69) is 15.6 Å². The average molecular weight is 160 g/mol. The molecule has 0 aliphatic heterocycles. The van der Waals surface area contributed by atoms with Gasteiger partial charge in [-0.05, 0) is 13.8 Å². The van der Waals surface area contributed by atoms with Gasteiger partial charge in [0.1, 0.15) is 6.61 Å². The molecule has 0 atom stereocenters. The molecule has 0 rings (SSSR count). The molecule has 0 aromatic rings. The summed E-state index contributed by atoms with van der Waals surface area (Å²) < 4.78 is 4.68. The van der Waals surface area contributed by atoms with Crippen molar-refractivity contribution in [1.82, 2.24) is 10.9 Å². The lowest BCUT2D eigenvalue weighted by Gasteiger charge is -2.09. The van der Waals surface area contributed by atoms with Crippen LogP contribution in [0.4, 0.5) is 0 Å². The quantitative estimate of drug-likeness (QED) is 0.339. The third-order valence-electron chi connectivity index (χ3n) is 0.923. The lowest BCUT2D eigenvalue weighted by atomic mass is 10.4. The topological polar surface area (TPSA) is 50.4 Å². The van der Waals surface area contributed by atoms with Gasteiger partial charge < -0.3 is 4.74 Å². The lowest BCUT2D eigenvalue weighted by Crippen LogP contribution is -2.39. The predicted molar refractivity (Wildman–Crippen MR) is 42.9 cm³/mol. The van der Waals surface area contributed by atoms with Gasteiger partial charge in [0.15, 0.2) is 0 Å². The molecule has 0 saturated heterocycles. The van der Waals surface area contributed by atoms with Crippen LogP contribution in [-0.4, -0.2) is 25.2 Å². The van der Waals surface area contributed by atoms with Crippen molar-refractivity contribution < 1.29 is 9.53 Å². The third-order valence-corrected chi connectivity index (χ3v) is 0.923. The van der Waals surface area contributed by atoms with E-state index in [4.69, 9.17) is 0 Å². The Morgan fingerprint density at radius 3 is 2.64 bits per heavy atom. The molecule has 0 bridgehead atoms. The van der Waals surface area contributed by atoms with Gasteiger partial charge in [-0.3, -0.25) is 15.6 Å². The van der Waals surface area contributed by atoms with Crippen LogP contribution in [0.5, 0.6) is 0 Å². The fourth-order valence-corrected chi connectivity index (χ4v) is 0.522. The summed E-state index contributed by atoms with van der Waals surface area (Å²) in [5.41, 5.74) is 5.89. The molecule has 0 saturated carbocycles. The summed E-state index contributed by atoms with van der Waals surface area (Å²) >= 11 is 0. The normalized spacial score (nSPS) is 10.2. The number of ether oxygens (including phenoxy) is 1. The van der Waals surface area contributed by atoms with E-state index in [-0.39, 0.29) is 5.97 Å². The maximum atomic E-state index is 10.3. The van der Waals surface area contributed by atoms with Gasteiger partial charge in [-0.25, -0.2) is 0 Å². The number of carbonyl (C=O) groups excluding carboxylic acids is 1. The van der Waals surface area contributed by atoms with E-state index in [1.807, 2.05) is 13.8 Å². The van der Waals surface area contributed by atoms with Crippen LogP contribution in [0.25, 0.3) is 0 Å². The molecule has 11 heavy (non-hydrogen) atoms. The highest BCUT2D eigenvalue weighted by Crippen LogP contribution is 1.74. The van der Waals surface area contributed by atoms with Gasteiger partial charge in [0.2, 0.25) is 0 Å². The van der Waals surface area contributed by atoms with Gasteiger partial charge in [0, 0.05) is 19.5 Å². The molecule has 4 heteroatoms. The Kier molecular flexibility index (Phi) is 5.78. The van der Waals surface area contributed by atoms with Crippen molar-refractivity contribution in [3.05, 3.63) is 0 Å². The molecule has 66 valence electrons. The molecule has 2 N–H and O–H groups in total. The summed E-state index contributed by atoms with van der Waals surface area (Å²) in [6, 6.07) is 0.396. The number of hydrazine groups is 1. The van der Waals surface area contributed by atoms with Crippen LogP contribution in [-0.2, 0) is 9.53 Å². The summed E-state index contributed by atoms with van der Waals surface area (Å²) in [6.07, 6.45) is 0. The first-order valence-electron chi connectivity index (χ1n) is 3.74. The van der Waals surface area contributed by atoms with Crippen LogP contribution in [0.2, 0.25) is 0 Å². The second kappa shape index (κ2) is 6.12. The second-order valence-electron chi connectivity index (χ2n) is 2.57. The maximum absolute atomic E-state index is 10.3. The Bertz CT molecular complexity index is 115. The van der Waals surface area contributed by atoms with Crippen LogP contribution in [0, 0.1) is 0 Å². The Hall–Kier alpha value is -0.610. The minimum absolute atomic E-state index is 0.239. The van der Waals surface area contributed by atoms with E-state index in [9.17, 15) is 4.79 Å². The molecule has 0 spiro atoms. The summed E-state index contributed by atoms with van der Waals surface area (Å²) in [4.78, 5) is 10.3.